The van der Waals surface area contributed by atoms with Crippen molar-refractivity contribution < 1.29 is 14.3 Å². The molecule has 0 aliphatic carbocycles. The fourth-order valence-electron chi connectivity index (χ4n) is 2.63. The van der Waals surface area contributed by atoms with Crippen LogP contribution in [-0.4, -0.2) is 42.0 Å². The highest BCUT2D eigenvalue weighted by Crippen LogP contribution is 2.31. The smallest absolute Gasteiger partial charge is 0.266 e. The molecule has 0 saturated carbocycles. The lowest BCUT2D eigenvalue weighted by Gasteiger charge is -2.27. The monoisotopic (exact) mass is 448 g/mol. The first kappa shape index (κ1) is 19.8. The molecular weight excluding hydrogens is 428 g/mol. The standard InChI is InChI=1S/C20H21BrN2O3S/c1-14-4-9-18(25-2)17(12-14)22-20-23(10-3-11-27-20)19(24)13-26-16-7-5-15(21)6-8-16/h4-9,12H,3,10-11,13H2,1-2H3. The fraction of sp³-hybridized carbons (Fsp3) is 0.300. The van der Waals surface area contributed by atoms with Crippen LogP contribution in [0, 0.1) is 6.92 Å². The molecule has 1 heterocycles. The molecule has 1 aliphatic heterocycles. The molecule has 5 nitrogen and oxygen atoms in total. The average Bonchev–Trinajstić information content (AvgIpc) is 2.68. The number of thioether (sulfide) groups is 1. The lowest BCUT2D eigenvalue weighted by Crippen LogP contribution is -2.41. The predicted octanol–water partition coefficient (Wildman–Crippen LogP) is 4.80. The minimum Gasteiger partial charge on any atom is -0.494 e. The van der Waals surface area contributed by atoms with Crippen LogP contribution in [0.2, 0.25) is 0 Å². The van der Waals surface area contributed by atoms with E-state index >= 15 is 0 Å². The Bertz CT molecular complexity index is 840. The summed E-state index contributed by atoms with van der Waals surface area (Å²) in [6.07, 6.45) is 0.929. The maximum atomic E-state index is 12.7. The minimum atomic E-state index is -0.101. The first-order valence-electron chi connectivity index (χ1n) is 8.61. The van der Waals surface area contributed by atoms with Crippen LogP contribution in [-0.2, 0) is 4.79 Å². The molecule has 1 fully saturated rings. The number of carbonyl (C=O) groups is 1. The number of methoxy groups -OCH3 is 1. The van der Waals surface area contributed by atoms with Crippen molar-refractivity contribution in [2.75, 3.05) is 26.0 Å². The third-order valence-electron chi connectivity index (χ3n) is 4.02. The van der Waals surface area contributed by atoms with Gasteiger partial charge in [0, 0.05) is 16.8 Å². The minimum absolute atomic E-state index is 0.0217. The maximum absolute atomic E-state index is 12.7. The second-order valence-corrected chi connectivity index (χ2v) is 8.04. The van der Waals surface area contributed by atoms with Gasteiger partial charge >= 0.3 is 0 Å². The topological polar surface area (TPSA) is 51.1 Å². The second-order valence-electron chi connectivity index (χ2n) is 6.06. The molecule has 2 aromatic rings. The number of ether oxygens (including phenoxy) is 2. The average molecular weight is 449 g/mol. The highest BCUT2D eigenvalue weighted by molar-refractivity contribution is 9.10. The molecule has 1 aliphatic rings. The van der Waals surface area contributed by atoms with Gasteiger partial charge in [-0.15, -0.1) is 0 Å². The maximum Gasteiger partial charge on any atom is 0.266 e. The van der Waals surface area contributed by atoms with E-state index in [1.165, 1.54) is 0 Å². The number of amides is 1. The molecule has 2 aromatic carbocycles. The third kappa shape index (κ3) is 5.26. The van der Waals surface area contributed by atoms with Gasteiger partial charge in [0.2, 0.25) is 0 Å². The van der Waals surface area contributed by atoms with Gasteiger partial charge in [-0.2, -0.15) is 0 Å². The normalized spacial score (nSPS) is 15.7. The Labute approximate surface area is 171 Å². The zero-order valence-corrected chi connectivity index (χ0v) is 17.7. The van der Waals surface area contributed by atoms with Gasteiger partial charge in [0.1, 0.15) is 17.2 Å². The summed E-state index contributed by atoms with van der Waals surface area (Å²) in [4.78, 5) is 19.1. The Morgan fingerprint density at radius 1 is 1.26 bits per heavy atom. The van der Waals surface area contributed by atoms with Crippen LogP contribution in [0.25, 0.3) is 0 Å². The summed E-state index contributed by atoms with van der Waals surface area (Å²) in [5, 5.41) is 0.689. The molecule has 0 radical (unpaired) electrons. The lowest BCUT2D eigenvalue weighted by molar-refractivity contribution is -0.129. The molecule has 0 unspecified atom stereocenters. The zero-order valence-electron chi connectivity index (χ0n) is 15.3. The number of rotatable bonds is 5. The Morgan fingerprint density at radius 3 is 2.78 bits per heavy atom. The van der Waals surface area contributed by atoms with E-state index < -0.39 is 0 Å². The first-order valence-corrected chi connectivity index (χ1v) is 10.4. The van der Waals surface area contributed by atoms with E-state index in [0.717, 1.165) is 27.9 Å². The van der Waals surface area contributed by atoms with E-state index in [-0.39, 0.29) is 12.5 Å². The van der Waals surface area contributed by atoms with Gasteiger partial charge in [0.05, 0.1) is 7.11 Å². The number of hydrogen-bond acceptors (Lipinski definition) is 5. The number of carbonyl (C=O) groups excluding carboxylic acids is 1. The number of benzene rings is 2. The summed E-state index contributed by atoms with van der Waals surface area (Å²) in [6.45, 7) is 2.63. The molecule has 0 aromatic heterocycles. The molecule has 3 rings (SSSR count). The predicted molar refractivity (Wildman–Crippen MR) is 113 cm³/mol. The zero-order chi connectivity index (χ0) is 19.2. The molecule has 0 spiro atoms. The van der Waals surface area contributed by atoms with Crippen LogP contribution in [0.1, 0.15) is 12.0 Å². The third-order valence-corrected chi connectivity index (χ3v) is 5.61. The van der Waals surface area contributed by atoms with E-state index in [2.05, 4.69) is 15.9 Å². The molecule has 142 valence electrons. The number of nitrogens with zero attached hydrogens (tertiary/aromatic N) is 2. The molecule has 1 saturated heterocycles. The van der Waals surface area contributed by atoms with E-state index in [0.29, 0.717) is 23.2 Å². The van der Waals surface area contributed by atoms with Gasteiger partial charge in [-0.3, -0.25) is 9.69 Å². The summed E-state index contributed by atoms with van der Waals surface area (Å²) in [6, 6.07) is 13.3. The van der Waals surface area contributed by atoms with E-state index in [9.17, 15) is 4.79 Å². The van der Waals surface area contributed by atoms with Crippen molar-refractivity contribution in [2.45, 2.75) is 13.3 Å². The highest BCUT2D eigenvalue weighted by Gasteiger charge is 2.24. The summed E-state index contributed by atoms with van der Waals surface area (Å²) in [5.74, 6) is 2.19. The number of amidine groups is 1. The van der Waals surface area contributed by atoms with E-state index in [1.807, 2.05) is 49.4 Å². The van der Waals surface area contributed by atoms with Crippen molar-refractivity contribution >= 4 is 44.5 Å². The summed E-state index contributed by atoms with van der Waals surface area (Å²) >= 11 is 4.97. The Balaban J connectivity index is 1.75. The first-order chi connectivity index (χ1) is 13.1. The number of aryl methyl sites for hydroxylation is 1. The highest BCUT2D eigenvalue weighted by atomic mass is 79.9. The van der Waals surface area contributed by atoms with Crippen molar-refractivity contribution in [1.82, 2.24) is 4.90 Å². The van der Waals surface area contributed by atoms with Gasteiger partial charge in [-0.25, -0.2) is 4.99 Å². The molecule has 1 amide bonds. The molecule has 0 bridgehead atoms. The van der Waals surface area contributed by atoms with E-state index in [4.69, 9.17) is 14.5 Å². The van der Waals surface area contributed by atoms with Crippen LogP contribution in [0.15, 0.2) is 51.9 Å². The van der Waals surface area contributed by atoms with Crippen LogP contribution in [0.3, 0.4) is 0 Å². The van der Waals surface area contributed by atoms with Crippen molar-refractivity contribution in [3.05, 3.63) is 52.5 Å². The Hall–Kier alpha value is -1.99. The quantitative estimate of drug-likeness (QED) is 0.658. The molecule has 0 atom stereocenters. The Kier molecular flexibility index (Phi) is 6.79. The molecule has 7 heteroatoms. The van der Waals surface area contributed by atoms with E-state index in [1.54, 1.807) is 23.8 Å². The van der Waals surface area contributed by atoms with Crippen LogP contribution in [0.4, 0.5) is 5.69 Å². The van der Waals surface area contributed by atoms with Crippen molar-refractivity contribution in [2.24, 2.45) is 4.99 Å². The number of aliphatic imine (C=N–C) groups is 1. The summed E-state index contributed by atoms with van der Waals surface area (Å²) in [7, 11) is 1.62. The largest absolute Gasteiger partial charge is 0.494 e. The summed E-state index contributed by atoms with van der Waals surface area (Å²) < 4.78 is 12.0. The number of hydrogen-bond donors (Lipinski definition) is 0. The molecular formula is C20H21BrN2O3S. The van der Waals surface area contributed by atoms with Crippen molar-refractivity contribution in [3.63, 3.8) is 0 Å². The Morgan fingerprint density at radius 2 is 2.04 bits per heavy atom. The second kappa shape index (κ2) is 9.28. The summed E-state index contributed by atoms with van der Waals surface area (Å²) in [5.41, 5.74) is 1.82. The van der Waals surface area contributed by atoms with Crippen LogP contribution < -0.4 is 9.47 Å². The molecule has 27 heavy (non-hydrogen) atoms. The van der Waals surface area contributed by atoms with Gasteiger partial charge < -0.3 is 9.47 Å². The van der Waals surface area contributed by atoms with Gasteiger partial charge in [-0.05, 0) is 55.3 Å². The van der Waals surface area contributed by atoms with Crippen molar-refractivity contribution in [1.29, 1.82) is 0 Å². The molecule has 0 N–H and O–H groups in total. The van der Waals surface area contributed by atoms with Crippen LogP contribution in [0.5, 0.6) is 11.5 Å². The van der Waals surface area contributed by atoms with Gasteiger partial charge in [0.15, 0.2) is 11.8 Å². The fourth-order valence-corrected chi connectivity index (χ4v) is 3.86. The van der Waals surface area contributed by atoms with Crippen LogP contribution >= 0.6 is 27.7 Å². The number of halogens is 1. The van der Waals surface area contributed by atoms with Crippen molar-refractivity contribution in [3.8, 4) is 11.5 Å². The lowest BCUT2D eigenvalue weighted by atomic mass is 10.2. The van der Waals surface area contributed by atoms with Gasteiger partial charge in [-0.1, -0.05) is 33.8 Å². The van der Waals surface area contributed by atoms with Gasteiger partial charge in [0.25, 0.3) is 5.91 Å². The SMILES string of the molecule is COc1ccc(C)cc1N=C1SCCCN1C(=O)COc1ccc(Br)cc1.